The second-order valence-electron chi connectivity index (χ2n) is 30.0. The van der Waals surface area contributed by atoms with Gasteiger partial charge in [-0.2, -0.15) is 12.6 Å². The fraction of sp³-hybridized carbons (Fsp3) is 0.931. The molecule has 0 aliphatic carbocycles. The Hall–Kier alpha value is -2.96. The first-order valence-corrected chi connectivity index (χ1v) is 48.2. The summed E-state index contributed by atoms with van der Waals surface area (Å²) < 4.78 is 83.8. The van der Waals surface area contributed by atoms with Crippen LogP contribution in [0.25, 0.3) is 0 Å². The van der Waals surface area contributed by atoms with E-state index >= 15 is 0 Å². The number of carbonyl (C=O) groups excluding carboxylic acids is 6. The molecule has 1 aliphatic rings. The van der Waals surface area contributed by atoms with Gasteiger partial charge in [-0.25, -0.2) is 9.59 Å². The molecule has 0 radical (unpaired) electrons. The van der Waals surface area contributed by atoms with Crippen molar-refractivity contribution in [3.05, 3.63) is 0 Å². The van der Waals surface area contributed by atoms with Gasteiger partial charge in [0.15, 0.2) is 0 Å². The summed E-state index contributed by atoms with van der Waals surface area (Å²) in [5.74, 6) is 0.941. The molecule has 0 aromatic rings. The summed E-state index contributed by atoms with van der Waals surface area (Å²) in [4.78, 5) is 66.7. The first-order valence-electron chi connectivity index (χ1n) is 45.3. The Morgan fingerprint density at radius 3 is 0.951 bits per heavy atom. The second kappa shape index (κ2) is 110. The Kier molecular flexibility index (Phi) is 117. The van der Waals surface area contributed by atoms with E-state index in [9.17, 15) is 28.8 Å². The Bertz CT molecular complexity index is 2110. The molecule has 1 saturated heterocycles. The summed E-state index contributed by atoms with van der Waals surface area (Å²) in [5, 5.41) is 33.4. The van der Waals surface area contributed by atoms with Crippen molar-refractivity contribution < 1.29 is 115 Å². The molecular weight excluding hydrogens is 1690 g/mol. The zero-order valence-corrected chi connectivity index (χ0v) is 81.7. The van der Waals surface area contributed by atoms with E-state index in [0.29, 0.717) is 208 Å². The van der Waals surface area contributed by atoms with E-state index in [-0.39, 0.29) is 42.6 Å². The molecule has 0 saturated carbocycles. The topological polar surface area (TPSA) is 415 Å². The number of alkyl halides is 1. The molecule has 0 bridgehead atoms. The number of nitrogens with one attached hydrogen (secondary N) is 6. The number of aliphatic hydroxyl groups excluding tert-OH is 2. The molecule has 0 aromatic carbocycles. The summed E-state index contributed by atoms with van der Waals surface area (Å²) in [6.07, 6.45) is 34.2. The molecule has 12 N–H and O–H groups in total. The number of thioether (sulfide) groups is 1. The van der Waals surface area contributed by atoms with Crippen LogP contribution in [0.1, 0.15) is 236 Å². The van der Waals surface area contributed by atoms with Crippen LogP contribution in [0.15, 0.2) is 0 Å². The van der Waals surface area contributed by atoms with E-state index in [1.807, 2.05) is 48.5 Å². The lowest BCUT2D eigenvalue weighted by Crippen LogP contribution is -2.41. The fourth-order valence-electron chi connectivity index (χ4n) is 9.83. The Balaban J connectivity index is -0.000000348. The number of carbonyl (C=O) groups is 6. The quantitative estimate of drug-likeness (QED) is 0.0153. The molecule has 2 unspecified atom stereocenters. The number of likely N-dealkylation sites (N-methyl/N-ethyl adjacent to an activating group) is 2. The van der Waals surface area contributed by atoms with Gasteiger partial charge in [-0.05, 0) is 95.2 Å². The van der Waals surface area contributed by atoms with Gasteiger partial charge in [-0.3, -0.25) is 19.2 Å². The molecule has 1 fully saturated rings. The standard InChI is InChI=1S/C26H53N3O5S.C25H51NO5.C11H23NO5.C10H20BrNO4.C6H15NO3.C5H11NOS.C4H8O/c1-3-4-5-6-7-8-9-10-11-12-13-14-16-32-18-20-34-21-19-33-17-15-29-25(30)23-35-22-24(28-2)26(27)31;1-5-6-7-8-9-10-11-12-13-14-15-16-18-28-20-22-30-23-21-29-19-17-26-24(27)31-25(2,3)4;1-11(2,3)17-10(14)12-4-6-15-8-9-16-7-5-13;1-2-14-5-6-16-8-7-15-4-3-12-10(13)9-11;7-1-3-9-5-6-10-4-2-8;1-4(7)5(3-8)6-2;1-2-4-5-3-1/h24,28H,3-23H2,1-2H3,(H2,27,31)(H,29,30);5-23H2,1-4H3,(H,26,27);13H,4-9H2,1-3H3,(H,12,14);2-9H2,1H3,(H,12,13);8H,1-7H2;5-6,8H,3H2,1-2H3;1-4H2. The van der Waals surface area contributed by atoms with Crippen LogP contribution < -0.4 is 43.4 Å². The minimum Gasteiger partial charge on any atom is -0.444 e. The number of halogens is 1. The van der Waals surface area contributed by atoms with Crippen molar-refractivity contribution in [3.8, 4) is 0 Å². The van der Waals surface area contributed by atoms with E-state index < -0.39 is 35.3 Å². The minimum atomic E-state index is -0.483. The van der Waals surface area contributed by atoms with Crippen LogP contribution in [-0.2, 0) is 95.0 Å². The van der Waals surface area contributed by atoms with Crippen LogP contribution in [0.3, 0.4) is 0 Å². The summed E-state index contributed by atoms with van der Waals surface area (Å²) >= 11 is 8.37. The lowest BCUT2D eigenvalue weighted by atomic mass is 10.1. The number of unbranched alkanes of at least 4 members (excludes halogenated alkanes) is 22. The van der Waals surface area contributed by atoms with E-state index in [4.69, 9.17) is 97.5 Å². The first-order chi connectivity index (χ1) is 59.0. The smallest absolute Gasteiger partial charge is 0.407 e. The predicted octanol–water partition coefficient (Wildman–Crippen LogP) is 10.9. The van der Waals surface area contributed by atoms with Crippen molar-refractivity contribution in [3.63, 3.8) is 0 Å². The van der Waals surface area contributed by atoms with Crippen LogP contribution in [0.5, 0.6) is 0 Å². The Morgan fingerprint density at radius 1 is 0.410 bits per heavy atom. The number of ketones is 1. The van der Waals surface area contributed by atoms with E-state index in [1.165, 1.54) is 166 Å². The van der Waals surface area contributed by atoms with Crippen molar-refractivity contribution in [2.75, 3.05) is 268 Å². The largest absolute Gasteiger partial charge is 0.444 e. The maximum Gasteiger partial charge on any atom is 0.407 e. The summed E-state index contributed by atoms with van der Waals surface area (Å²) in [5.41, 5.74) is 9.44. The predicted molar refractivity (Wildman–Crippen MR) is 497 cm³/mol. The van der Waals surface area contributed by atoms with Crippen molar-refractivity contribution >= 4 is 76.0 Å². The van der Waals surface area contributed by atoms with Crippen molar-refractivity contribution in [2.24, 2.45) is 11.5 Å². The summed E-state index contributed by atoms with van der Waals surface area (Å²) in [6, 6.07) is -0.491. The van der Waals surface area contributed by atoms with Crippen LogP contribution in [0.2, 0.25) is 0 Å². The number of nitrogens with two attached hydrogens (primary N) is 2. The fourth-order valence-corrected chi connectivity index (χ4v) is 11.4. The molecule has 732 valence electrons. The molecule has 0 aromatic heterocycles. The number of primary amides is 1. The average molecular weight is 1870 g/mol. The van der Waals surface area contributed by atoms with Crippen LogP contribution >= 0.6 is 40.3 Å². The highest BCUT2D eigenvalue weighted by Crippen LogP contribution is 2.15. The molecule has 32 nitrogen and oxygen atoms in total. The van der Waals surface area contributed by atoms with Gasteiger partial charge in [0.2, 0.25) is 17.7 Å². The van der Waals surface area contributed by atoms with Gasteiger partial charge in [0, 0.05) is 77.3 Å². The van der Waals surface area contributed by atoms with Crippen molar-refractivity contribution in [1.29, 1.82) is 0 Å². The van der Waals surface area contributed by atoms with Gasteiger partial charge in [0.25, 0.3) is 0 Å². The third kappa shape index (κ3) is 128. The molecular formula is C87H181BrN8O24S2. The molecule has 1 rings (SSSR count). The van der Waals surface area contributed by atoms with E-state index in [1.54, 1.807) is 21.0 Å². The number of hydrogen-bond acceptors (Lipinski definition) is 29. The second-order valence-corrected chi connectivity index (χ2v) is 31.9. The molecule has 122 heavy (non-hydrogen) atoms. The van der Waals surface area contributed by atoms with Crippen LogP contribution in [0, 0.1) is 0 Å². The van der Waals surface area contributed by atoms with Crippen molar-refractivity contribution in [2.45, 2.75) is 259 Å². The molecule has 1 heterocycles. The third-order valence-corrected chi connectivity index (χ3v) is 18.3. The number of thiol groups is 1. The minimum absolute atomic E-state index is 0.0141. The lowest BCUT2D eigenvalue weighted by Gasteiger charge is -2.19. The monoisotopic (exact) mass is 1870 g/mol. The highest BCUT2D eigenvalue weighted by molar-refractivity contribution is 9.09. The maximum absolute atomic E-state index is 11.7. The third-order valence-electron chi connectivity index (χ3n) is 16.3. The zero-order valence-electron chi connectivity index (χ0n) is 78.4. The number of alkyl carbamates (subject to hydrolysis) is 2. The van der Waals surface area contributed by atoms with Crippen molar-refractivity contribution in [1.82, 2.24) is 31.9 Å². The van der Waals surface area contributed by atoms with Gasteiger partial charge >= 0.3 is 12.2 Å². The average Bonchev–Trinajstić information content (AvgIpc) is 1.57. The SMILES string of the molecule is C1CCOC1.CC(C)(C)OC(=O)NCCOCCOCCO.CCCCCCCCCCCCCCOCCOCCOCCNC(=O)CSCC(NC)C(N)=O.CCCCCCCCCCCCCCOCCOCCOCCNC(=O)OC(C)(C)C.CCOCCOCCOCCNC(=O)CBr.CNC(CS)C(C)=O.NCCOCCOCCO. The van der Waals surface area contributed by atoms with Gasteiger partial charge in [0.1, 0.15) is 17.0 Å². The number of hydrogen-bond donors (Lipinski definition) is 11. The molecule has 1 aliphatic heterocycles. The first kappa shape index (κ1) is 130. The van der Waals surface area contributed by atoms with E-state index in [0.717, 1.165) is 39.3 Å². The van der Waals surface area contributed by atoms with Gasteiger partial charge < -0.3 is 129 Å². The lowest BCUT2D eigenvalue weighted by molar-refractivity contribution is -0.120. The van der Waals surface area contributed by atoms with Crippen LogP contribution in [0.4, 0.5) is 9.59 Å². The Morgan fingerprint density at radius 2 is 0.697 bits per heavy atom. The number of amides is 5. The van der Waals surface area contributed by atoms with E-state index in [2.05, 4.69) is 74.3 Å². The number of ether oxygens (including phenoxy) is 16. The van der Waals surface area contributed by atoms with Gasteiger partial charge in [-0.15, -0.1) is 11.8 Å². The van der Waals surface area contributed by atoms with Gasteiger partial charge in [-0.1, -0.05) is 171 Å². The molecule has 2 atom stereocenters. The highest BCUT2D eigenvalue weighted by Gasteiger charge is 2.18. The normalized spacial score (nSPS) is 12.0. The number of aliphatic hydroxyl groups is 2. The highest BCUT2D eigenvalue weighted by atomic mass is 79.9. The number of Topliss-reactive ketones (excluding diaryl/α,β-unsaturated/α-hetero) is 1. The Labute approximate surface area is 757 Å². The maximum atomic E-state index is 11.7. The number of rotatable bonds is 79. The summed E-state index contributed by atoms with van der Waals surface area (Å²) in [7, 11) is 3.42. The van der Waals surface area contributed by atoms with Gasteiger partial charge in [0.05, 0.1) is 188 Å². The summed E-state index contributed by atoms with van der Waals surface area (Å²) in [6.45, 7) is 37.6. The molecule has 5 amide bonds. The zero-order chi connectivity index (χ0) is 91.8. The molecule has 0 spiro atoms. The van der Waals surface area contributed by atoms with Crippen LogP contribution in [-0.4, -0.2) is 337 Å². The molecule has 35 heteroatoms.